The normalized spacial score (nSPS) is 12.3. The van der Waals surface area contributed by atoms with E-state index in [9.17, 15) is 15.2 Å². The average Bonchev–Trinajstić information content (AvgIpc) is 2.27. The molecule has 0 radical (unpaired) electrons. The first-order chi connectivity index (χ1) is 8.88. The number of nitrogens with zero attached hydrogens (tertiary/aromatic N) is 1. The van der Waals surface area contributed by atoms with E-state index in [2.05, 4.69) is 5.32 Å². The number of non-ortho nitro benzene ring substituents is 1. The molecule has 1 aromatic rings. The molecule has 0 aliphatic rings. The molecule has 0 aliphatic carbocycles. The second kappa shape index (κ2) is 6.94. The lowest BCUT2D eigenvalue weighted by Gasteiger charge is -2.12. The summed E-state index contributed by atoms with van der Waals surface area (Å²) in [5.41, 5.74) is 0.600. The lowest BCUT2D eigenvalue weighted by molar-refractivity contribution is -0.384. The number of nitro groups is 1. The van der Waals surface area contributed by atoms with Crippen LogP contribution in [0, 0.1) is 10.1 Å². The van der Waals surface area contributed by atoms with Crippen LogP contribution in [0.1, 0.15) is 27.2 Å². The van der Waals surface area contributed by atoms with Crippen molar-refractivity contribution in [1.29, 1.82) is 0 Å². The Labute approximate surface area is 112 Å². The first-order valence-corrected chi connectivity index (χ1v) is 6.26. The molecule has 1 unspecified atom stereocenters. The van der Waals surface area contributed by atoms with Crippen molar-refractivity contribution in [3.63, 3.8) is 0 Å². The van der Waals surface area contributed by atoms with Crippen LogP contribution in [-0.2, 0) is 0 Å². The minimum absolute atomic E-state index is 0.0160. The van der Waals surface area contributed by atoms with Crippen LogP contribution in [0.5, 0.6) is 5.75 Å². The van der Waals surface area contributed by atoms with Gasteiger partial charge in [0.25, 0.3) is 5.69 Å². The Hall–Kier alpha value is -1.82. The highest BCUT2D eigenvalue weighted by molar-refractivity contribution is 5.56. The largest absolute Gasteiger partial charge is 0.491 e. The summed E-state index contributed by atoms with van der Waals surface area (Å²) in [5.74, 6) is 0.462. The molecule has 0 saturated carbocycles. The number of hydrogen-bond donors (Lipinski definition) is 2. The molecule has 2 N–H and O–H groups in total. The van der Waals surface area contributed by atoms with Gasteiger partial charge < -0.3 is 15.2 Å². The second-order valence-electron chi connectivity index (χ2n) is 4.70. The Morgan fingerprint density at radius 1 is 1.37 bits per heavy atom. The van der Waals surface area contributed by atoms with E-state index in [-0.39, 0.29) is 11.8 Å². The predicted octanol–water partition coefficient (Wildman–Crippen LogP) is 2.56. The molecule has 1 atom stereocenters. The van der Waals surface area contributed by atoms with Gasteiger partial charge in [0.1, 0.15) is 5.75 Å². The molecule has 1 rings (SSSR count). The first kappa shape index (κ1) is 15.2. The molecule has 0 bridgehead atoms. The van der Waals surface area contributed by atoms with Gasteiger partial charge in [-0.2, -0.15) is 0 Å². The maximum Gasteiger partial charge on any atom is 0.275 e. The summed E-state index contributed by atoms with van der Waals surface area (Å²) in [7, 11) is 0. The number of aliphatic hydroxyl groups is 1. The number of rotatable bonds is 7. The number of ether oxygens (including phenoxy) is 1. The highest BCUT2D eigenvalue weighted by Crippen LogP contribution is 2.26. The van der Waals surface area contributed by atoms with Crippen LogP contribution in [0.4, 0.5) is 11.4 Å². The van der Waals surface area contributed by atoms with Gasteiger partial charge in [-0.25, -0.2) is 0 Å². The molecule has 1 aromatic carbocycles. The Bertz CT molecular complexity index is 433. The summed E-state index contributed by atoms with van der Waals surface area (Å²) in [6, 6.07) is 4.57. The van der Waals surface area contributed by atoms with Gasteiger partial charge in [-0.1, -0.05) is 0 Å². The van der Waals surface area contributed by atoms with Crippen LogP contribution in [0.3, 0.4) is 0 Å². The Morgan fingerprint density at radius 2 is 2.05 bits per heavy atom. The summed E-state index contributed by atoms with van der Waals surface area (Å²) < 4.78 is 5.48. The summed E-state index contributed by atoms with van der Waals surface area (Å²) in [6.07, 6.45) is 0.119. The number of anilines is 1. The molecule has 0 spiro atoms. The van der Waals surface area contributed by atoms with Crippen LogP contribution in [0.2, 0.25) is 0 Å². The Morgan fingerprint density at radius 3 is 2.58 bits per heavy atom. The van der Waals surface area contributed by atoms with Crippen molar-refractivity contribution in [3.05, 3.63) is 28.3 Å². The monoisotopic (exact) mass is 268 g/mol. The second-order valence-corrected chi connectivity index (χ2v) is 4.70. The van der Waals surface area contributed by atoms with E-state index >= 15 is 0 Å². The van der Waals surface area contributed by atoms with E-state index in [1.54, 1.807) is 13.0 Å². The zero-order valence-corrected chi connectivity index (χ0v) is 11.4. The molecule has 0 aliphatic heterocycles. The van der Waals surface area contributed by atoms with Crippen molar-refractivity contribution in [3.8, 4) is 5.75 Å². The number of aliphatic hydroxyl groups excluding tert-OH is 1. The van der Waals surface area contributed by atoms with Gasteiger partial charge in [-0.05, 0) is 27.2 Å². The van der Waals surface area contributed by atoms with Crippen molar-refractivity contribution in [1.82, 2.24) is 0 Å². The van der Waals surface area contributed by atoms with E-state index in [1.807, 2.05) is 13.8 Å². The maximum absolute atomic E-state index is 10.9. The van der Waals surface area contributed by atoms with Gasteiger partial charge in [-0.3, -0.25) is 10.1 Å². The Balaban J connectivity index is 2.83. The van der Waals surface area contributed by atoms with Crippen molar-refractivity contribution >= 4 is 11.4 Å². The molecule has 0 heterocycles. The van der Waals surface area contributed by atoms with E-state index in [1.165, 1.54) is 12.1 Å². The van der Waals surface area contributed by atoms with Gasteiger partial charge >= 0.3 is 0 Å². The standard InChI is InChI=1S/C13H20N2O4/c1-9(2)19-13-7-11(14-5-4-10(3)16)6-12(8-13)15(17)18/h6-10,14,16H,4-5H2,1-3H3. The van der Waals surface area contributed by atoms with Crippen LogP contribution in [0.15, 0.2) is 18.2 Å². The van der Waals surface area contributed by atoms with Crippen molar-refractivity contribution in [2.24, 2.45) is 0 Å². The molecule has 19 heavy (non-hydrogen) atoms. The van der Waals surface area contributed by atoms with Crippen molar-refractivity contribution in [2.75, 3.05) is 11.9 Å². The molecule has 6 nitrogen and oxygen atoms in total. The topological polar surface area (TPSA) is 84.6 Å². The van der Waals surface area contributed by atoms with E-state index in [4.69, 9.17) is 4.74 Å². The minimum atomic E-state index is -0.451. The van der Waals surface area contributed by atoms with E-state index < -0.39 is 11.0 Å². The van der Waals surface area contributed by atoms with Crippen molar-refractivity contribution < 1.29 is 14.8 Å². The molecule has 106 valence electrons. The summed E-state index contributed by atoms with van der Waals surface area (Å²) in [4.78, 5) is 10.4. The minimum Gasteiger partial charge on any atom is -0.491 e. The number of benzene rings is 1. The van der Waals surface area contributed by atoms with Gasteiger partial charge in [-0.15, -0.1) is 0 Å². The third-order valence-electron chi connectivity index (χ3n) is 2.37. The highest BCUT2D eigenvalue weighted by Gasteiger charge is 2.11. The Kier molecular flexibility index (Phi) is 5.57. The van der Waals surface area contributed by atoms with Crippen LogP contribution in [0.25, 0.3) is 0 Å². The van der Waals surface area contributed by atoms with Crippen LogP contribution < -0.4 is 10.1 Å². The van der Waals surface area contributed by atoms with E-state index in [0.29, 0.717) is 24.4 Å². The number of hydrogen-bond acceptors (Lipinski definition) is 5. The van der Waals surface area contributed by atoms with E-state index in [0.717, 1.165) is 0 Å². The summed E-state index contributed by atoms with van der Waals surface area (Å²) in [6.45, 7) is 5.96. The first-order valence-electron chi connectivity index (χ1n) is 6.26. The maximum atomic E-state index is 10.9. The zero-order chi connectivity index (χ0) is 14.4. The summed E-state index contributed by atoms with van der Waals surface area (Å²) >= 11 is 0. The third-order valence-corrected chi connectivity index (χ3v) is 2.37. The smallest absolute Gasteiger partial charge is 0.275 e. The predicted molar refractivity (Wildman–Crippen MR) is 73.6 cm³/mol. The van der Waals surface area contributed by atoms with Gasteiger partial charge in [0.05, 0.1) is 23.2 Å². The fourth-order valence-corrected chi connectivity index (χ4v) is 1.56. The molecule has 6 heteroatoms. The third kappa shape index (κ3) is 5.56. The van der Waals surface area contributed by atoms with Gasteiger partial charge in [0.15, 0.2) is 0 Å². The van der Waals surface area contributed by atoms with Gasteiger partial charge in [0.2, 0.25) is 0 Å². The lowest BCUT2D eigenvalue weighted by Crippen LogP contribution is -2.10. The number of nitro benzene ring substituents is 1. The SMILES string of the molecule is CC(O)CCNc1cc(OC(C)C)cc([N+](=O)[O-])c1. The molecular formula is C13H20N2O4. The van der Waals surface area contributed by atoms with Crippen LogP contribution >= 0.6 is 0 Å². The molecule has 0 amide bonds. The zero-order valence-electron chi connectivity index (χ0n) is 11.4. The molecular weight excluding hydrogens is 248 g/mol. The fourth-order valence-electron chi connectivity index (χ4n) is 1.56. The molecule has 0 saturated heterocycles. The average molecular weight is 268 g/mol. The lowest BCUT2D eigenvalue weighted by atomic mass is 10.2. The quantitative estimate of drug-likeness (QED) is 0.586. The molecule has 0 aromatic heterocycles. The fraction of sp³-hybridized carbons (Fsp3) is 0.538. The molecule has 0 fully saturated rings. The summed E-state index contributed by atoms with van der Waals surface area (Å²) in [5, 5.41) is 23.1. The van der Waals surface area contributed by atoms with Crippen LogP contribution in [-0.4, -0.2) is 28.8 Å². The van der Waals surface area contributed by atoms with Crippen molar-refractivity contribution in [2.45, 2.75) is 39.4 Å². The van der Waals surface area contributed by atoms with Gasteiger partial charge in [0, 0.05) is 24.4 Å². The number of nitrogens with one attached hydrogen (secondary N) is 1. The highest BCUT2D eigenvalue weighted by atomic mass is 16.6.